The number of hydrogen-bond donors (Lipinski definition) is 1. The van der Waals surface area contributed by atoms with E-state index in [0.29, 0.717) is 37.4 Å². The Morgan fingerprint density at radius 3 is 2.33 bits per heavy atom. The fourth-order valence-electron chi connectivity index (χ4n) is 3.37. The molecule has 0 aromatic carbocycles. The van der Waals surface area contributed by atoms with Gasteiger partial charge in [-0.3, -0.25) is 9.59 Å². The zero-order valence-electron chi connectivity index (χ0n) is 17.0. The number of methoxy groups -OCH3 is 1. The zero-order chi connectivity index (χ0) is 21.8. The summed E-state index contributed by atoms with van der Waals surface area (Å²) in [4.78, 5) is 54.8. The number of piperazine rings is 1. The summed E-state index contributed by atoms with van der Waals surface area (Å²) >= 11 is 0. The Balaban J connectivity index is 1.52. The van der Waals surface area contributed by atoms with Gasteiger partial charge in [-0.05, 0) is 31.5 Å². The first kappa shape index (κ1) is 21.2. The second-order valence-corrected chi connectivity index (χ2v) is 6.84. The summed E-state index contributed by atoms with van der Waals surface area (Å²) in [6.45, 7) is 4.18. The van der Waals surface area contributed by atoms with Crippen LogP contribution in [0.1, 0.15) is 42.7 Å². The summed E-state index contributed by atoms with van der Waals surface area (Å²) in [6, 6.07) is 3.23. The van der Waals surface area contributed by atoms with E-state index in [9.17, 15) is 19.2 Å². The molecule has 2 amide bonds. The van der Waals surface area contributed by atoms with Crippen molar-refractivity contribution in [3.05, 3.63) is 46.7 Å². The van der Waals surface area contributed by atoms with Crippen molar-refractivity contribution in [1.82, 2.24) is 14.8 Å². The van der Waals surface area contributed by atoms with E-state index < -0.39 is 18.5 Å². The Hall–Kier alpha value is -3.56. The van der Waals surface area contributed by atoms with Gasteiger partial charge in [0.15, 0.2) is 12.4 Å². The number of carbonyl (C=O) groups excluding carboxylic acids is 4. The normalized spacial score (nSPS) is 13.8. The van der Waals surface area contributed by atoms with E-state index >= 15 is 0 Å². The van der Waals surface area contributed by atoms with Gasteiger partial charge < -0.3 is 28.7 Å². The lowest BCUT2D eigenvalue weighted by Crippen LogP contribution is -2.51. The van der Waals surface area contributed by atoms with Crippen molar-refractivity contribution >= 4 is 23.8 Å². The molecule has 10 nitrogen and oxygen atoms in total. The Labute approximate surface area is 172 Å². The number of aryl methyl sites for hydroxylation is 1. The summed E-state index contributed by atoms with van der Waals surface area (Å²) in [5.74, 6) is -1.61. The van der Waals surface area contributed by atoms with Crippen LogP contribution < -0.4 is 0 Å². The molecular formula is C20H23N3O7. The summed E-state index contributed by atoms with van der Waals surface area (Å²) < 4.78 is 15.0. The molecule has 1 aliphatic heterocycles. The number of carbonyl (C=O) groups is 4. The molecule has 0 unspecified atom stereocenters. The Kier molecular flexibility index (Phi) is 6.24. The Bertz CT molecular complexity index is 953. The first-order valence-corrected chi connectivity index (χ1v) is 9.38. The van der Waals surface area contributed by atoms with E-state index in [1.54, 1.807) is 30.9 Å². The van der Waals surface area contributed by atoms with Gasteiger partial charge in [0, 0.05) is 31.9 Å². The average Bonchev–Trinajstić information content (AvgIpc) is 3.39. The first-order valence-electron chi connectivity index (χ1n) is 9.38. The van der Waals surface area contributed by atoms with Crippen molar-refractivity contribution in [2.24, 2.45) is 0 Å². The molecule has 3 heterocycles. The van der Waals surface area contributed by atoms with Gasteiger partial charge in [-0.15, -0.1) is 0 Å². The van der Waals surface area contributed by atoms with E-state index in [2.05, 4.69) is 4.98 Å². The third kappa shape index (κ3) is 4.22. The third-order valence-electron chi connectivity index (χ3n) is 5.01. The smallest absolute Gasteiger partial charge is 0.355 e. The van der Waals surface area contributed by atoms with Gasteiger partial charge in [0.25, 0.3) is 11.8 Å². The molecule has 0 atom stereocenters. The molecule has 0 bridgehead atoms. The molecule has 0 aliphatic carbocycles. The average molecular weight is 417 g/mol. The fraction of sp³-hybridized carbons (Fsp3) is 0.400. The lowest BCUT2D eigenvalue weighted by atomic mass is 10.1. The molecule has 0 saturated carbocycles. The number of amides is 2. The van der Waals surface area contributed by atoms with Gasteiger partial charge in [0.2, 0.25) is 0 Å². The van der Waals surface area contributed by atoms with Crippen LogP contribution in [0.2, 0.25) is 0 Å². The molecule has 0 radical (unpaired) electrons. The fourth-order valence-corrected chi connectivity index (χ4v) is 3.37. The minimum Gasteiger partial charge on any atom is -0.465 e. The molecular weight excluding hydrogens is 394 g/mol. The van der Waals surface area contributed by atoms with E-state index in [1.807, 2.05) is 0 Å². The molecule has 0 spiro atoms. The number of nitrogens with zero attached hydrogens (tertiary/aromatic N) is 2. The van der Waals surface area contributed by atoms with Gasteiger partial charge in [-0.25, -0.2) is 9.59 Å². The second-order valence-electron chi connectivity index (χ2n) is 6.84. The third-order valence-corrected chi connectivity index (χ3v) is 5.01. The molecule has 160 valence electrons. The maximum Gasteiger partial charge on any atom is 0.355 e. The molecule has 1 fully saturated rings. The van der Waals surface area contributed by atoms with Crippen LogP contribution in [0.25, 0.3) is 0 Å². The predicted molar refractivity (Wildman–Crippen MR) is 103 cm³/mol. The van der Waals surface area contributed by atoms with Crippen molar-refractivity contribution < 1.29 is 33.1 Å². The molecule has 10 heteroatoms. The Morgan fingerprint density at radius 2 is 1.73 bits per heavy atom. The minimum atomic E-state index is -0.731. The number of H-pyrrole nitrogens is 1. The number of aromatic amines is 1. The van der Waals surface area contributed by atoms with Crippen molar-refractivity contribution in [3.8, 4) is 0 Å². The number of esters is 2. The SMILES string of the molecule is COC(=O)c1c(C)[nH]c(C(=O)OCC(=O)N2CCN(C(=O)c3ccco3)CC2)c1C. The zero-order valence-corrected chi connectivity index (χ0v) is 17.0. The molecule has 1 N–H and O–H groups in total. The van der Waals surface area contributed by atoms with Crippen LogP contribution in [0.5, 0.6) is 0 Å². The number of aromatic nitrogens is 1. The van der Waals surface area contributed by atoms with Gasteiger partial charge in [-0.2, -0.15) is 0 Å². The van der Waals surface area contributed by atoms with Crippen molar-refractivity contribution in [2.45, 2.75) is 13.8 Å². The minimum absolute atomic E-state index is 0.106. The quantitative estimate of drug-likeness (QED) is 0.724. The highest BCUT2D eigenvalue weighted by molar-refractivity contribution is 5.99. The summed E-state index contributed by atoms with van der Waals surface area (Å²) in [6.07, 6.45) is 1.43. The van der Waals surface area contributed by atoms with Crippen LogP contribution >= 0.6 is 0 Å². The maximum atomic E-state index is 12.4. The lowest BCUT2D eigenvalue weighted by molar-refractivity contribution is -0.136. The highest BCUT2D eigenvalue weighted by Crippen LogP contribution is 2.19. The highest BCUT2D eigenvalue weighted by atomic mass is 16.5. The molecule has 1 saturated heterocycles. The van der Waals surface area contributed by atoms with Crippen LogP contribution in [0.15, 0.2) is 22.8 Å². The van der Waals surface area contributed by atoms with Crippen LogP contribution in [0.4, 0.5) is 0 Å². The topological polar surface area (TPSA) is 122 Å². The van der Waals surface area contributed by atoms with E-state index in [1.165, 1.54) is 18.3 Å². The predicted octanol–water partition coefficient (Wildman–Crippen LogP) is 1.15. The lowest BCUT2D eigenvalue weighted by Gasteiger charge is -2.34. The summed E-state index contributed by atoms with van der Waals surface area (Å²) in [7, 11) is 1.26. The van der Waals surface area contributed by atoms with Gasteiger partial charge in [0.1, 0.15) is 5.69 Å². The van der Waals surface area contributed by atoms with Crippen molar-refractivity contribution in [1.29, 1.82) is 0 Å². The van der Waals surface area contributed by atoms with Crippen LogP contribution in [0, 0.1) is 13.8 Å². The maximum absolute atomic E-state index is 12.4. The van der Waals surface area contributed by atoms with E-state index in [0.717, 1.165) is 0 Å². The van der Waals surface area contributed by atoms with Gasteiger partial charge in [0.05, 0.1) is 18.9 Å². The van der Waals surface area contributed by atoms with E-state index in [-0.39, 0.29) is 28.8 Å². The second kappa shape index (κ2) is 8.85. The van der Waals surface area contributed by atoms with Crippen molar-refractivity contribution in [2.75, 3.05) is 39.9 Å². The molecule has 3 rings (SSSR count). The van der Waals surface area contributed by atoms with E-state index in [4.69, 9.17) is 13.9 Å². The summed E-state index contributed by atoms with van der Waals surface area (Å²) in [5.41, 5.74) is 1.26. The number of ether oxygens (including phenoxy) is 2. The highest BCUT2D eigenvalue weighted by Gasteiger charge is 2.28. The molecule has 1 aliphatic rings. The molecule has 2 aromatic heterocycles. The number of furan rings is 1. The number of nitrogens with one attached hydrogen (secondary N) is 1. The standard InChI is InChI=1S/C20H23N3O7/c1-12-16(19(26)28-3)13(2)21-17(12)20(27)30-11-15(24)22-6-8-23(9-7-22)18(25)14-5-4-10-29-14/h4-5,10,21H,6-9,11H2,1-3H3. The molecule has 30 heavy (non-hydrogen) atoms. The summed E-state index contributed by atoms with van der Waals surface area (Å²) in [5, 5.41) is 0. The van der Waals surface area contributed by atoms with Crippen LogP contribution in [0.3, 0.4) is 0 Å². The van der Waals surface area contributed by atoms with Crippen LogP contribution in [-0.4, -0.2) is 78.4 Å². The van der Waals surface area contributed by atoms with Gasteiger partial charge in [-0.1, -0.05) is 0 Å². The van der Waals surface area contributed by atoms with Gasteiger partial charge >= 0.3 is 11.9 Å². The number of rotatable bonds is 5. The number of hydrogen-bond acceptors (Lipinski definition) is 7. The monoisotopic (exact) mass is 417 g/mol. The largest absolute Gasteiger partial charge is 0.465 e. The van der Waals surface area contributed by atoms with Crippen molar-refractivity contribution in [3.63, 3.8) is 0 Å². The van der Waals surface area contributed by atoms with Crippen LogP contribution in [-0.2, 0) is 14.3 Å². The Morgan fingerprint density at radius 1 is 1.07 bits per heavy atom. The molecule has 2 aromatic rings. The first-order chi connectivity index (χ1) is 14.3.